The van der Waals surface area contributed by atoms with Crippen LogP contribution in [0.5, 0.6) is 0 Å². The molecule has 0 amide bonds. The molecule has 1 aliphatic carbocycles. The monoisotopic (exact) mass is 400 g/mol. The fourth-order valence-electron chi connectivity index (χ4n) is 1.95. The fourth-order valence-corrected chi connectivity index (χ4v) is 1.95. The van der Waals surface area contributed by atoms with Crippen LogP contribution in [0.2, 0.25) is 0 Å². The first-order valence-electron chi connectivity index (χ1n) is 8.93. The largest absolute Gasteiger partial charge is 4.00 e. The average Bonchev–Trinajstić information content (AvgIpc) is 3.16. The van der Waals surface area contributed by atoms with Gasteiger partial charge < -0.3 is 0 Å². The fraction of sp³-hybridized carbons (Fsp3) is 0.0741. The molecule has 0 nitrogen and oxygen atoms in total. The van der Waals surface area contributed by atoms with Crippen LogP contribution < -0.4 is 0 Å². The van der Waals surface area contributed by atoms with E-state index in [1.807, 2.05) is 91.0 Å². The Bertz CT molecular complexity index is 680. The van der Waals surface area contributed by atoms with Crippen LogP contribution in [-0.4, -0.2) is 0 Å². The Hall–Kier alpha value is -2.54. The van der Waals surface area contributed by atoms with Gasteiger partial charge in [0.1, 0.15) is 0 Å². The van der Waals surface area contributed by atoms with Crippen molar-refractivity contribution in [2.45, 2.75) is 13.3 Å². The minimum atomic E-state index is 0. The molecule has 0 heterocycles. The van der Waals surface area contributed by atoms with Crippen molar-refractivity contribution < 1.29 is 21.7 Å². The standard InChI is InChI=1S/3C7H7.C6H7.Ti/c3*1-7-5-3-2-4-6-7;1-6-4-2-3-5-6;/h3*2-6H,1H2;2,4H,3H2,1H3;/q4*-1;+4. The molecule has 3 aromatic carbocycles. The van der Waals surface area contributed by atoms with E-state index in [1.54, 1.807) is 0 Å². The minimum Gasteiger partial charge on any atom is -0.270 e. The summed E-state index contributed by atoms with van der Waals surface area (Å²) in [4.78, 5) is 0. The number of allylic oxidation sites excluding steroid dienone is 4. The average molecular weight is 400 g/mol. The number of benzene rings is 3. The van der Waals surface area contributed by atoms with Crippen molar-refractivity contribution in [1.29, 1.82) is 0 Å². The van der Waals surface area contributed by atoms with Crippen molar-refractivity contribution in [2.75, 3.05) is 0 Å². The number of rotatable bonds is 0. The summed E-state index contributed by atoms with van der Waals surface area (Å²) in [6.07, 6.45) is 8.33. The normalized spacial score (nSPS) is 10.4. The first kappa shape index (κ1) is 25.5. The molecule has 0 aromatic heterocycles. The molecule has 0 fully saturated rings. The van der Waals surface area contributed by atoms with E-state index in [9.17, 15) is 0 Å². The first-order chi connectivity index (χ1) is 13.1. The molecule has 0 bridgehead atoms. The Balaban J connectivity index is 0.000000344. The van der Waals surface area contributed by atoms with Gasteiger partial charge >= 0.3 is 21.7 Å². The smallest absolute Gasteiger partial charge is 0.270 e. The van der Waals surface area contributed by atoms with Crippen molar-refractivity contribution >= 4 is 0 Å². The van der Waals surface area contributed by atoms with Crippen LogP contribution in [0.1, 0.15) is 30.0 Å². The predicted octanol–water partition coefficient (Wildman–Crippen LogP) is 7.30. The van der Waals surface area contributed by atoms with Gasteiger partial charge in [-0.05, 0) is 0 Å². The number of hydrogen-bond acceptors (Lipinski definition) is 0. The van der Waals surface area contributed by atoms with E-state index in [4.69, 9.17) is 0 Å². The summed E-state index contributed by atoms with van der Waals surface area (Å²) in [7, 11) is 0. The molecule has 0 N–H and O–H groups in total. The van der Waals surface area contributed by atoms with Gasteiger partial charge in [0, 0.05) is 0 Å². The summed E-state index contributed by atoms with van der Waals surface area (Å²) in [6, 6.07) is 29.6. The third-order valence-electron chi connectivity index (χ3n) is 3.40. The summed E-state index contributed by atoms with van der Waals surface area (Å²) in [5, 5.41) is 0. The molecule has 3 aromatic rings. The van der Waals surface area contributed by atoms with Crippen LogP contribution in [0.25, 0.3) is 0 Å². The van der Waals surface area contributed by atoms with Crippen LogP contribution in [0.3, 0.4) is 0 Å². The summed E-state index contributed by atoms with van der Waals surface area (Å²) in [5.41, 5.74) is 4.49. The quantitative estimate of drug-likeness (QED) is 0.274. The Kier molecular flexibility index (Phi) is 15.1. The van der Waals surface area contributed by atoms with Crippen molar-refractivity contribution in [3.8, 4) is 0 Å². The van der Waals surface area contributed by atoms with Gasteiger partial charge in [0.15, 0.2) is 0 Å². The van der Waals surface area contributed by atoms with Gasteiger partial charge in [0.2, 0.25) is 0 Å². The molecule has 4 rings (SSSR count). The van der Waals surface area contributed by atoms with Crippen LogP contribution in [0, 0.1) is 26.8 Å². The van der Waals surface area contributed by atoms with Crippen molar-refractivity contribution in [2.24, 2.45) is 0 Å². The van der Waals surface area contributed by atoms with Gasteiger partial charge in [-0.15, -0.1) is 42.8 Å². The van der Waals surface area contributed by atoms with E-state index in [2.05, 4.69) is 45.9 Å². The van der Waals surface area contributed by atoms with Crippen LogP contribution in [0.4, 0.5) is 0 Å². The van der Waals surface area contributed by atoms with E-state index in [1.165, 1.54) is 5.57 Å². The number of hydrogen-bond donors (Lipinski definition) is 0. The van der Waals surface area contributed by atoms with Gasteiger partial charge in [0.25, 0.3) is 0 Å². The van der Waals surface area contributed by atoms with Gasteiger partial charge in [-0.2, -0.15) is 79.9 Å². The SMILES string of the molecule is CC1=[C-]CC=C1.[CH2-]c1ccccc1.[CH2-]c1ccccc1.[CH2-]c1ccccc1.[Ti+4]. The molecule has 0 spiro atoms. The molecular formula is C27H28Ti. The molecule has 0 atom stereocenters. The third-order valence-corrected chi connectivity index (χ3v) is 3.40. The molecule has 28 heavy (non-hydrogen) atoms. The predicted molar refractivity (Wildman–Crippen MR) is 119 cm³/mol. The topological polar surface area (TPSA) is 0 Å². The van der Waals surface area contributed by atoms with E-state index in [0.717, 1.165) is 23.1 Å². The molecule has 1 heteroatoms. The van der Waals surface area contributed by atoms with Crippen molar-refractivity contribution in [3.63, 3.8) is 0 Å². The van der Waals surface area contributed by atoms with Gasteiger partial charge in [0.05, 0.1) is 0 Å². The van der Waals surface area contributed by atoms with Crippen molar-refractivity contribution in [1.82, 2.24) is 0 Å². The zero-order valence-electron chi connectivity index (χ0n) is 16.6. The molecular weight excluding hydrogens is 372 g/mol. The maximum Gasteiger partial charge on any atom is 4.00 e. The second kappa shape index (κ2) is 16.6. The maximum absolute atomic E-state index is 3.72. The first-order valence-corrected chi connectivity index (χ1v) is 8.93. The maximum atomic E-state index is 3.72. The molecule has 0 saturated carbocycles. The summed E-state index contributed by atoms with van der Waals surface area (Å²) in [5.74, 6) is 0. The Labute approximate surface area is 186 Å². The van der Waals surface area contributed by atoms with E-state index in [-0.39, 0.29) is 21.7 Å². The summed E-state index contributed by atoms with van der Waals surface area (Å²) in [6.45, 7) is 13.2. The Morgan fingerprint density at radius 2 is 0.929 bits per heavy atom. The van der Waals surface area contributed by atoms with E-state index < -0.39 is 0 Å². The summed E-state index contributed by atoms with van der Waals surface area (Å²) < 4.78 is 0. The second-order valence-corrected chi connectivity index (χ2v) is 5.92. The minimum absolute atomic E-state index is 0. The van der Waals surface area contributed by atoms with Gasteiger partial charge in [-0.25, -0.2) is 11.6 Å². The Morgan fingerprint density at radius 1 is 0.607 bits per heavy atom. The zero-order valence-corrected chi connectivity index (χ0v) is 18.2. The molecule has 1 aliphatic rings. The summed E-state index contributed by atoms with van der Waals surface area (Å²) >= 11 is 0. The van der Waals surface area contributed by atoms with E-state index in [0.29, 0.717) is 0 Å². The Morgan fingerprint density at radius 3 is 1.04 bits per heavy atom. The van der Waals surface area contributed by atoms with E-state index >= 15 is 0 Å². The van der Waals surface area contributed by atoms with Gasteiger partial charge in [-0.3, -0.25) is 6.08 Å². The third kappa shape index (κ3) is 14.6. The van der Waals surface area contributed by atoms with Crippen LogP contribution in [0.15, 0.2) is 109 Å². The van der Waals surface area contributed by atoms with Crippen LogP contribution >= 0.6 is 0 Å². The molecule has 0 unspecified atom stereocenters. The molecule has 0 radical (unpaired) electrons. The van der Waals surface area contributed by atoms with Gasteiger partial charge in [-0.1, -0.05) is 25.1 Å². The zero-order chi connectivity index (χ0) is 19.7. The molecule has 0 aliphatic heterocycles. The van der Waals surface area contributed by atoms with Crippen molar-refractivity contribution in [3.05, 3.63) is 152 Å². The molecule has 0 saturated heterocycles. The second-order valence-electron chi connectivity index (χ2n) is 5.92. The van der Waals surface area contributed by atoms with Crippen LogP contribution in [-0.2, 0) is 21.7 Å². The molecule has 140 valence electrons.